The molecule has 2 rings (SSSR count). The quantitative estimate of drug-likeness (QED) is 0.822. The van der Waals surface area contributed by atoms with Crippen molar-refractivity contribution in [1.82, 2.24) is 10.3 Å². The van der Waals surface area contributed by atoms with Crippen LogP contribution in [0, 0.1) is 5.92 Å². The molecule has 0 aromatic carbocycles. The highest BCUT2D eigenvalue weighted by atomic mass is 16.5. The Morgan fingerprint density at radius 1 is 1.29 bits per heavy atom. The predicted molar refractivity (Wildman–Crippen MR) is 87.8 cm³/mol. The lowest BCUT2D eigenvalue weighted by Crippen LogP contribution is -2.18. The number of aromatic nitrogens is 1. The van der Waals surface area contributed by atoms with Gasteiger partial charge in [0, 0.05) is 18.0 Å². The van der Waals surface area contributed by atoms with Crippen molar-refractivity contribution < 1.29 is 4.74 Å². The molecule has 1 saturated carbocycles. The first-order valence-corrected chi connectivity index (χ1v) is 8.34. The number of rotatable bonds is 7. The van der Waals surface area contributed by atoms with Crippen LogP contribution in [0.15, 0.2) is 12.1 Å². The van der Waals surface area contributed by atoms with Crippen molar-refractivity contribution in [1.29, 1.82) is 0 Å². The van der Waals surface area contributed by atoms with Crippen LogP contribution in [0.3, 0.4) is 0 Å². The van der Waals surface area contributed by atoms with E-state index in [4.69, 9.17) is 9.72 Å². The van der Waals surface area contributed by atoms with E-state index in [-0.39, 0.29) is 5.41 Å². The van der Waals surface area contributed by atoms with Crippen LogP contribution in [0.2, 0.25) is 0 Å². The molecule has 0 saturated heterocycles. The Bertz CT molecular complexity index is 447. The minimum absolute atomic E-state index is 0.0499. The zero-order valence-corrected chi connectivity index (χ0v) is 14.0. The van der Waals surface area contributed by atoms with Crippen LogP contribution < -0.4 is 10.1 Å². The summed E-state index contributed by atoms with van der Waals surface area (Å²) in [5.74, 6) is 1.67. The summed E-state index contributed by atoms with van der Waals surface area (Å²) in [6.45, 7) is 11.4. The number of hydrogen-bond donors (Lipinski definition) is 1. The van der Waals surface area contributed by atoms with Crippen LogP contribution in [0.5, 0.6) is 5.88 Å². The summed E-state index contributed by atoms with van der Waals surface area (Å²) < 4.78 is 5.93. The third-order valence-electron chi connectivity index (χ3n) is 4.21. The van der Waals surface area contributed by atoms with E-state index in [1.165, 1.54) is 31.2 Å². The molecule has 118 valence electrons. The molecular weight excluding hydrogens is 260 g/mol. The van der Waals surface area contributed by atoms with Crippen molar-refractivity contribution in [3.8, 4) is 5.88 Å². The summed E-state index contributed by atoms with van der Waals surface area (Å²) in [4.78, 5) is 4.70. The maximum absolute atomic E-state index is 5.93. The lowest BCUT2D eigenvalue weighted by atomic mass is 9.83. The molecule has 1 N–H and O–H groups in total. The summed E-state index contributed by atoms with van der Waals surface area (Å²) >= 11 is 0. The summed E-state index contributed by atoms with van der Waals surface area (Å²) in [5, 5.41) is 3.38. The van der Waals surface area contributed by atoms with Gasteiger partial charge in [0.2, 0.25) is 5.88 Å². The number of nitrogens with one attached hydrogen (secondary N) is 1. The molecule has 1 aromatic heterocycles. The molecule has 0 amide bonds. The summed E-state index contributed by atoms with van der Waals surface area (Å²) in [5.41, 5.74) is 2.42. The van der Waals surface area contributed by atoms with E-state index in [1.807, 2.05) is 0 Å². The second-order valence-electron chi connectivity index (χ2n) is 7.16. The molecule has 0 bridgehead atoms. The van der Waals surface area contributed by atoms with Crippen molar-refractivity contribution in [3.05, 3.63) is 23.4 Å². The van der Waals surface area contributed by atoms with Crippen molar-refractivity contribution in [2.24, 2.45) is 5.92 Å². The minimum Gasteiger partial charge on any atom is -0.478 e. The van der Waals surface area contributed by atoms with Crippen LogP contribution in [0.25, 0.3) is 0 Å². The molecule has 0 aliphatic heterocycles. The molecular formula is C18H30N2O. The van der Waals surface area contributed by atoms with Gasteiger partial charge in [0.25, 0.3) is 0 Å². The second kappa shape index (κ2) is 7.26. The van der Waals surface area contributed by atoms with Gasteiger partial charge >= 0.3 is 0 Å². The molecule has 0 spiro atoms. The Hall–Kier alpha value is -1.09. The zero-order valence-electron chi connectivity index (χ0n) is 14.0. The fraction of sp³-hybridized carbons (Fsp3) is 0.722. The van der Waals surface area contributed by atoms with E-state index < -0.39 is 0 Å². The Labute approximate surface area is 129 Å². The first kappa shape index (κ1) is 16.3. The smallest absolute Gasteiger partial charge is 0.213 e. The van der Waals surface area contributed by atoms with E-state index in [9.17, 15) is 0 Å². The number of pyridine rings is 1. The number of nitrogens with zero attached hydrogens (tertiary/aromatic N) is 1. The van der Waals surface area contributed by atoms with E-state index >= 15 is 0 Å². The first-order valence-electron chi connectivity index (χ1n) is 8.34. The molecule has 0 unspecified atom stereocenters. The van der Waals surface area contributed by atoms with Gasteiger partial charge in [-0.3, -0.25) is 0 Å². The largest absolute Gasteiger partial charge is 0.478 e. The number of hydrogen-bond acceptors (Lipinski definition) is 3. The topological polar surface area (TPSA) is 34.1 Å². The molecule has 3 nitrogen and oxygen atoms in total. The minimum atomic E-state index is 0.0499. The van der Waals surface area contributed by atoms with Gasteiger partial charge < -0.3 is 10.1 Å². The predicted octanol–water partition coefficient (Wildman–Crippen LogP) is 4.06. The molecule has 1 aromatic rings. The maximum Gasteiger partial charge on any atom is 0.213 e. The summed E-state index contributed by atoms with van der Waals surface area (Å²) in [7, 11) is 0. The van der Waals surface area contributed by atoms with Crippen LogP contribution in [0.4, 0.5) is 0 Å². The van der Waals surface area contributed by atoms with E-state index in [2.05, 4.69) is 45.1 Å². The average molecular weight is 290 g/mol. The van der Waals surface area contributed by atoms with Crippen LogP contribution in [-0.4, -0.2) is 18.1 Å². The highest BCUT2D eigenvalue weighted by Crippen LogP contribution is 2.29. The SMILES string of the molecule is CCNCc1cc(OCCC2CCC2)nc(C(C)(C)C)c1. The van der Waals surface area contributed by atoms with Gasteiger partial charge in [-0.25, -0.2) is 4.98 Å². The Morgan fingerprint density at radius 3 is 2.62 bits per heavy atom. The Balaban J connectivity index is 2.02. The summed E-state index contributed by atoms with van der Waals surface area (Å²) in [6.07, 6.45) is 5.33. The van der Waals surface area contributed by atoms with Crippen molar-refractivity contribution in [2.45, 2.75) is 65.3 Å². The summed E-state index contributed by atoms with van der Waals surface area (Å²) in [6, 6.07) is 4.28. The highest BCUT2D eigenvalue weighted by molar-refractivity contribution is 5.28. The molecule has 1 heterocycles. The van der Waals surface area contributed by atoms with Gasteiger partial charge in [-0.05, 0) is 30.5 Å². The Kier molecular flexibility index (Phi) is 5.63. The molecule has 21 heavy (non-hydrogen) atoms. The fourth-order valence-electron chi connectivity index (χ4n) is 2.50. The van der Waals surface area contributed by atoms with Gasteiger partial charge in [0.15, 0.2) is 0 Å². The van der Waals surface area contributed by atoms with Gasteiger partial charge in [0.1, 0.15) is 0 Å². The average Bonchev–Trinajstić information content (AvgIpc) is 2.38. The monoisotopic (exact) mass is 290 g/mol. The third-order valence-corrected chi connectivity index (χ3v) is 4.21. The van der Waals surface area contributed by atoms with Crippen LogP contribution in [0.1, 0.15) is 64.6 Å². The first-order chi connectivity index (χ1) is 9.99. The standard InChI is InChI=1S/C18H30N2O/c1-5-19-13-15-11-16(18(2,3)4)20-17(12-15)21-10-9-14-7-6-8-14/h11-12,14,19H,5-10,13H2,1-4H3. The molecule has 0 radical (unpaired) electrons. The van der Waals surface area contributed by atoms with Crippen LogP contribution in [-0.2, 0) is 12.0 Å². The maximum atomic E-state index is 5.93. The van der Waals surface area contributed by atoms with Crippen molar-refractivity contribution in [2.75, 3.05) is 13.2 Å². The normalized spacial score (nSPS) is 15.8. The van der Waals surface area contributed by atoms with Crippen molar-refractivity contribution >= 4 is 0 Å². The molecule has 1 aliphatic carbocycles. The van der Waals surface area contributed by atoms with E-state index in [0.717, 1.165) is 37.2 Å². The fourth-order valence-corrected chi connectivity index (χ4v) is 2.50. The number of ether oxygens (including phenoxy) is 1. The molecule has 1 aliphatic rings. The lowest BCUT2D eigenvalue weighted by molar-refractivity contribution is 0.216. The van der Waals surface area contributed by atoms with E-state index in [0.29, 0.717) is 0 Å². The third kappa shape index (κ3) is 4.99. The van der Waals surface area contributed by atoms with Gasteiger partial charge in [-0.15, -0.1) is 0 Å². The molecule has 0 atom stereocenters. The zero-order chi connectivity index (χ0) is 15.3. The molecule has 3 heteroatoms. The second-order valence-corrected chi connectivity index (χ2v) is 7.16. The van der Waals surface area contributed by atoms with Gasteiger partial charge in [-0.1, -0.05) is 47.0 Å². The van der Waals surface area contributed by atoms with Crippen LogP contribution >= 0.6 is 0 Å². The lowest BCUT2D eigenvalue weighted by Gasteiger charge is -2.25. The van der Waals surface area contributed by atoms with Gasteiger partial charge in [-0.2, -0.15) is 0 Å². The highest BCUT2D eigenvalue weighted by Gasteiger charge is 2.19. The Morgan fingerprint density at radius 2 is 2.05 bits per heavy atom. The van der Waals surface area contributed by atoms with Crippen molar-refractivity contribution in [3.63, 3.8) is 0 Å². The van der Waals surface area contributed by atoms with Gasteiger partial charge in [0.05, 0.1) is 12.3 Å². The molecule has 1 fully saturated rings. The van der Waals surface area contributed by atoms with E-state index in [1.54, 1.807) is 0 Å².